The van der Waals surface area contributed by atoms with Crippen LogP contribution in [0.5, 0.6) is 5.75 Å². The van der Waals surface area contributed by atoms with E-state index in [9.17, 15) is 35.1 Å². The van der Waals surface area contributed by atoms with Gasteiger partial charge in [0.1, 0.15) is 16.7 Å². The minimum atomic E-state index is -4.91. The van der Waals surface area contributed by atoms with Crippen molar-refractivity contribution in [1.82, 2.24) is 9.97 Å². The first-order valence-corrected chi connectivity index (χ1v) is 9.71. The Labute approximate surface area is 196 Å². The molecule has 0 aliphatic carbocycles. The number of halogens is 9. The number of hydrogen-bond donors (Lipinski definition) is 1. The summed E-state index contributed by atoms with van der Waals surface area (Å²) in [6, 6.07) is 8.08. The Morgan fingerprint density at radius 1 is 0.971 bits per heavy atom. The minimum Gasteiger partial charge on any atom is -0.428 e. The average Bonchev–Trinajstić information content (AvgIpc) is 2.75. The Balaban J connectivity index is 1.68. The molecule has 186 valence electrons. The van der Waals surface area contributed by atoms with Gasteiger partial charge in [-0.15, -0.1) is 5.11 Å². The van der Waals surface area contributed by atoms with Crippen LogP contribution in [0.25, 0.3) is 0 Å². The van der Waals surface area contributed by atoms with Crippen LogP contribution in [0.1, 0.15) is 11.1 Å². The van der Waals surface area contributed by atoms with E-state index in [1.807, 2.05) is 0 Å². The van der Waals surface area contributed by atoms with Crippen LogP contribution < -0.4 is 10.1 Å². The summed E-state index contributed by atoms with van der Waals surface area (Å²) in [7, 11) is 0. The average molecular weight is 526 g/mol. The molecule has 0 aliphatic rings. The molecule has 0 saturated heterocycles. The number of nitrogens with one attached hydrogen (secondary N) is 1. The van der Waals surface area contributed by atoms with Crippen LogP contribution in [0, 0.1) is 5.82 Å². The van der Waals surface area contributed by atoms with E-state index in [2.05, 4.69) is 30.3 Å². The van der Waals surface area contributed by atoms with Crippen molar-refractivity contribution >= 4 is 29.1 Å². The molecule has 15 heteroatoms. The molecular formula is C20H12ClF8N5O. The Hall–Kier alpha value is -3.55. The zero-order valence-corrected chi connectivity index (χ0v) is 17.8. The number of azo groups is 1. The van der Waals surface area contributed by atoms with E-state index in [4.69, 9.17) is 11.6 Å². The number of benzene rings is 2. The molecule has 1 aromatic heterocycles. The van der Waals surface area contributed by atoms with E-state index < -0.39 is 35.8 Å². The molecule has 0 amide bonds. The summed E-state index contributed by atoms with van der Waals surface area (Å²) in [4.78, 5) is 7.73. The third kappa shape index (κ3) is 7.21. The van der Waals surface area contributed by atoms with E-state index in [-0.39, 0.29) is 29.2 Å². The Bertz CT molecular complexity index is 1210. The second kappa shape index (κ2) is 10.4. The number of aromatic nitrogens is 2. The van der Waals surface area contributed by atoms with Crippen molar-refractivity contribution in [3.05, 3.63) is 70.6 Å². The molecule has 0 atom stereocenters. The lowest BCUT2D eigenvalue weighted by atomic mass is 10.2. The number of rotatable bonds is 8. The lowest BCUT2D eigenvalue weighted by Crippen LogP contribution is -2.33. The quantitative estimate of drug-likeness (QED) is 0.187. The van der Waals surface area contributed by atoms with Crippen molar-refractivity contribution < 1.29 is 39.9 Å². The molecule has 6 nitrogen and oxygen atoms in total. The van der Waals surface area contributed by atoms with Crippen LogP contribution >= 0.6 is 11.6 Å². The van der Waals surface area contributed by atoms with Gasteiger partial charge in [0.05, 0.1) is 12.1 Å². The lowest BCUT2D eigenvalue weighted by molar-refractivity contribution is -0.253. The number of nitrogens with zero attached hydrogens (tertiary/aromatic N) is 4. The van der Waals surface area contributed by atoms with Crippen molar-refractivity contribution in [3.63, 3.8) is 0 Å². The van der Waals surface area contributed by atoms with Crippen molar-refractivity contribution in [2.45, 2.75) is 25.3 Å². The standard InChI is InChI=1S/C20H12ClF8N5O/c21-15-8-16(33-18(32-15)31-11-3-6-14(22)13(7-11)19(25,26)27)34-30-9-10-1-4-12(5-2-10)35-20(28,29)17(23)24/h1-8,17H,9H2,(H,31,32,33). The van der Waals surface area contributed by atoms with Gasteiger partial charge in [0.2, 0.25) is 5.95 Å². The lowest BCUT2D eigenvalue weighted by Gasteiger charge is -2.16. The van der Waals surface area contributed by atoms with E-state index in [1.54, 1.807) is 0 Å². The number of ether oxygens (including phenoxy) is 1. The van der Waals surface area contributed by atoms with E-state index >= 15 is 0 Å². The molecule has 3 aromatic rings. The SMILES string of the molecule is Fc1ccc(Nc2nc(Cl)cc(N=NCc3ccc(OC(F)(F)C(F)F)cc3)n2)cc1C(F)(F)F. The Morgan fingerprint density at radius 3 is 2.29 bits per heavy atom. The molecule has 0 unspecified atom stereocenters. The third-order valence-corrected chi connectivity index (χ3v) is 4.26. The van der Waals surface area contributed by atoms with E-state index in [1.165, 1.54) is 18.2 Å². The first-order chi connectivity index (χ1) is 16.3. The van der Waals surface area contributed by atoms with Crippen molar-refractivity contribution in [2.24, 2.45) is 10.2 Å². The monoisotopic (exact) mass is 525 g/mol. The third-order valence-electron chi connectivity index (χ3n) is 4.07. The zero-order valence-electron chi connectivity index (χ0n) is 17.0. The summed E-state index contributed by atoms with van der Waals surface area (Å²) >= 11 is 5.87. The summed E-state index contributed by atoms with van der Waals surface area (Å²) in [6.45, 7) is -0.0805. The molecule has 0 fully saturated rings. The number of alkyl halides is 7. The topological polar surface area (TPSA) is 71.8 Å². The maximum absolute atomic E-state index is 13.4. The highest BCUT2D eigenvalue weighted by molar-refractivity contribution is 6.29. The van der Waals surface area contributed by atoms with Crippen LogP contribution in [0.3, 0.4) is 0 Å². The van der Waals surface area contributed by atoms with Crippen molar-refractivity contribution in [3.8, 4) is 5.75 Å². The van der Waals surface area contributed by atoms with Gasteiger partial charge >= 0.3 is 18.7 Å². The molecule has 0 radical (unpaired) electrons. The fourth-order valence-electron chi connectivity index (χ4n) is 2.52. The van der Waals surface area contributed by atoms with Crippen LogP contribution in [0.4, 0.5) is 52.6 Å². The normalized spacial score (nSPS) is 12.4. The van der Waals surface area contributed by atoms with Gasteiger partial charge in [0.25, 0.3) is 0 Å². The Kier molecular flexibility index (Phi) is 7.73. The van der Waals surface area contributed by atoms with Gasteiger partial charge in [-0.2, -0.15) is 40.8 Å². The van der Waals surface area contributed by atoms with Crippen LogP contribution in [-0.4, -0.2) is 22.5 Å². The minimum absolute atomic E-state index is 0.0805. The maximum Gasteiger partial charge on any atom is 0.461 e. The fourth-order valence-corrected chi connectivity index (χ4v) is 2.69. The van der Waals surface area contributed by atoms with Gasteiger partial charge in [0, 0.05) is 11.8 Å². The first kappa shape index (κ1) is 26.1. The van der Waals surface area contributed by atoms with Crippen molar-refractivity contribution in [2.75, 3.05) is 5.32 Å². The smallest absolute Gasteiger partial charge is 0.428 e. The Morgan fingerprint density at radius 2 is 1.66 bits per heavy atom. The number of hydrogen-bond acceptors (Lipinski definition) is 6. The van der Waals surface area contributed by atoms with Crippen molar-refractivity contribution in [1.29, 1.82) is 0 Å². The van der Waals surface area contributed by atoms with E-state index in [0.717, 1.165) is 18.2 Å². The molecule has 2 aromatic carbocycles. The van der Waals surface area contributed by atoms with E-state index in [0.29, 0.717) is 17.7 Å². The summed E-state index contributed by atoms with van der Waals surface area (Å²) in [6.07, 6.45) is -13.5. The second-order valence-corrected chi connectivity index (χ2v) is 7.09. The second-order valence-electron chi connectivity index (χ2n) is 6.70. The predicted octanol–water partition coefficient (Wildman–Crippen LogP) is 7.55. The predicted molar refractivity (Wildman–Crippen MR) is 108 cm³/mol. The highest BCUT2D eigenvalue weighted by atomic mass is 35.5. The summed E-state index contributed by atoms with van der Waals surface area (Å²) in [5.74, 6) is -2.26. The van der Waals surface area contributed by atoms with Gasteiger partial charge in [-0.25, -0.2) is 9.37 Å². The largest absolute Gasteiger partial charge is 0.461 e. The van der Waals surface area contributed by atoms with Gasteiger partial charge < -0.3 is 10.1 Å². The molecule has 0 bridgehead atoms. The van der Waals surface area contributed by atoms with Crippen LogP contribution in [0.2, 0.25) is 5.15 Å². The van der Waals surface area contributed by atoms with Gasteiger partial charge in [-0.1, -0.05) is 23.7 Å². The number of anilines is 2. The molecule has 0 saturated carbocycles. The summed E-state index contributed by atoms with van der Waals surface area (Å²) in [5.41, 5.74) is -1.20. The molecular weight excluding hydrogens is 514 g/mol. The highest BCUT2D eigenvalue weighted by Crippen LogP contribution is 2.34. The molecule has 35 heavy (non-hydrogen) atoms. The van der Waals surface area contributed by atoms with Crippen LogP contribution in [0.15, 0.2) is 58.8 Å². The first-order valence-electron chi connectivity index (χ1n) is 9.33. The molecule has 0 spiro atoms. The zero-order chi connectivity index (χ0) is 25.8. The molecule has 1 N–H and O–H groups in total. The molecule has 1 heterocycles. The molecule has 0 aliphatic heterocycles. The summed E-state index contributed by atoms with van der Waals surface area (Å²) in [5, 5.41) is 9.97. The van der Waals surface area contributed by atoms with Gasteiger partial charge in [-0.3, -0.25) is 0 Å². The van der Waals surface area contributed by atoms with Gasteiger partial charge in [0.15, 0.2) is 5.82 Å². The summed E-state index contributed by atoms with van der Waals surface area (Å²) < 4.78 is 106. The molecule has 3 rings (SSSR count). The fraction of sp³-hybridized carbons (Fsp3) is 0.200. The van der Waals surface area contributed by atoms with Gasteiger partial charge in [-0.05, 0) is 35.9 Å². The maximum atomic E-state index is 13.4. The highest BCUT2D eigenvalue weighted by Gasteiger charge is 2.43. The van der Waals surface area contributed by atoms with Crippen LogP contribution in [-0.2, 0) is 12.7 Å².